The molecule has 0 aliphatic carbocycles. The van der Waals surface area contributed by atoms with Crippen LogP contribution in [0.3, 0.4) is 0 Å². The molecule has 5 rings (SSSR count). The van der Waals surface area contributed by atoms with Gasteiger partial charge in [-0.3, -0.25) is 9.59 Å². The second-order valence-corrected chi connectivity index (χ2v) is 8.63. The number of amides is 1. The van der Waals surface area contributed by atoms with Crippen molar-refractivity contribution in [2.45, 2.75) is 25.9 Å². The van der Waals surface area contributed by atoms with E-state index in [1.165, 1.54) is 6.07 Å². The Morgan fingerprint density at radius 2 is 2.00 bits per heavy atom. The molecule has 9 heteroatoms. The lowest BCUT2D eigenvalue weighted by molar-refractivity contribution is 0.102. The number of nitrogens with one attached hydrogen (secondary N) is 2. The Kier molecular flexibility index (Phi) is 4.97. The second-order valence-electron chi connectivity index (χ2n) is 8.63. The lowest BCUT2D eigenvalue weighted by atomic mass is 10.0. The Balaban J connectivity index is 1.43. The summed E-state index contributed by atoms with van der Waals surface area (Å²) >= 11 is 0. The average molecular weight is 435 g/mol. The summed E-state index contributed by atoms with van der Waals surface area (Å²) in [5.41, 5.74) is 3.19. The Bertz CT molecular complexity index is 1200. The molecule has 0 atom stereocenters. The zero-order valence-electron chi connectivity index (χ0n) is 18.1. The van der Waals surface area contributed by atoms with E-state index in [1.807, 2.05) is 12.1 Å². The monoisotopic (exact) mass is 435 g/mol. The number of ether oxygens (including phenoxy) is 2. The molecule has 32 heavy (non-hydrogen) atoms. The summed E-state index contributed by atoms with van der Waals surface area (Å²) in [7, 11) is 0. The molecule has 9 nitrogen and oxygen atoms in total. The first-order chi connectivity index (χ1) is 15.4. The van der Waals surface area contributed by atoms with Gasteiger partial charge in [-0.2, -0.15) is 5.10 Å². The molecule has 0 unspecified atom stereocenters. The molecular formula is C23H25N5O4. The molecule has 2 aromatic heterocycles. The number of rotatable bonds is 4. The van der Waals surface area contributed by atoms with Crippen molar-refractivity contribution in [3.05, 3.63) is 64.3 Å². The summed E-state index contributed by atoms with van der Waals surface area (Å²) in [5.74, 6) is 0.553. The van der Waals surface area contributed by atoms with Crippen molar-refractivity contribution < 1.29 is 14.3 Å². The van der Waals surface area contributed by atoms with E-state index in [4.69, 9.17) is 9.47 Å². The van der Waals surface area contributed by atoms with Crippen LogP contribution in [0.4, 0.5) is 11.4 Å². The highest BCUT2D eigenvalue weighted by molar-refractivity contribution is 6.05. The van der Waals surface area contributed by atoms with Crippen LogP contribution in [-0.4, -0.2) is 52.6 Å². The molecule has 1 fully saturated rings. The minimum Gasteiger partial charge on any atom is -0.487 e. The van der Waals surface area contributed by atoms with E-state index in [0.29, 0.717) is 18.9 Å². The van der Waals surface area contributed by atoms with Crippen molar-refractivity contribution >= 4 is 17.3 Å². The van der Waals surface area contributed by atoms with Gasteiger partial charge in [0.25, 0.3) is 5.91 Å². The Labute approximate surface area is 185 Å². The van der Waals surface area contributed by atoms with Gasteiger partial charge in [-0.15, -0.1) is 0 Å². The third kappa shape index (κ3) is 3.99. The number of nitrogens with zero attached hydrogens (tertiary/aromatic N) is 3. The summed E-state index contributed by atoms with van der Waals surface area (Å²) in [6, 6.07) is 8.73. The first-order valence-electron chi connectivity index (χ1n) is 10.6. The quantitative estimate of drug-likeness (QED) is 0.653. The number of hydrogen-bond donors (Lipinski definition) is 2. The van der Waals surface area contributed by atoms with Crippen molar-refractivity contribution in [1.82, 2.24) is 14.8 Å². The molecule has 4 heterocycles. The number of hydrogen-bond acceptors (Lipinski definition) is 6. The maximum Gasteiger partial charge on any atom is 0.276 e. The van der Waals surface area contributed by atoms with Gasteiger partial charge in [-0.1, -0.05) is 0 Å². The van der Waals surface area contributed by atoms with Gasteiger partial charge in [0.15, 0.2) is 5.69 Å². The third-order valence-electron chi connectivity index (χ3n) is 5.64. The van der Waals surface area contributed by atoms with Crippen molar-refractivity contribution in [1.29, 1.82) is 0 Å². The Hall–Kier alpha value is -3.59. The van der Waals surface area contributed by atoms with Gasteiger partial charge < -0.3 is 24.7 Å². The molecule has 166 valence electrons. The van der Waals surface area contributed by atoms with E-state index in [9.17, 15) is 9.59 Å². The highest BCUT2D eigenvalue weighted by atomic mass is 16.5. The number of anilines is 2. The molecule has 1 saturated heterocycles. The van der Waals surface area contributed by atoms with Crippen LogP contribution in [0, 0.1) is 0 Å². The van der Waals surface area contributed by atoms with Gasteiger partial charge in [0.05, 0.1) is 30.3 Å². The molecule has 1 amide bonds. The van der Waals surface area contributed by atoms with Crippen LogP contribution < -0.4 is 20.5 Å². The number of aromatic nitrogens is 3. The molecule has 0 radical (unpaired) electrons. The molecule has 2 aliphatic heterocycles. The smallest absolute Gasteiger partial charge is 0.276 e. The normalized spacial score (nSPS) is 17.0. The zero-order chi connectivity index (χ0) is 22.3. The first kappa shape index (κ1) is 20.3. The summed E-state index contributed by atoms with van der Waals surface area (Å²) in [5, 5.41) is 7.41. The molecule has 1 aromatic carbocycles. The van der Waals surface area contributed by atoms with Crippen molar-refractivity contribution in [2.24, 2.45) is 0 Å². The van der Waals surface area contributed by atoms with Crippen LogP contribution in [0.1, 0.15) is 29.9 Å². The van der Waals surface area contributed by atoms with E-state index in [2.05, 4.69) is 34.1 Å². The number of carbonyl (C=O) groups is 1. The number of fused-ring (bicyclic) bond motifs is 1. The number of H-pyrrole nitrogens is 1. The van der Waals surface area contributed by atoms with Crippen molar-refractivity contribution in [3.8, 4) is 11.4 Å². The number of carbonyl (C=O) groups excluding carboxylic acids is 1. The minimum atomic E-state index is -0.305. The third-order valence-corrected chi connectivity index (χ3v) is 5.64. The van der Waals surface area contributed by atoms with Crippen LogP contribution in [-0.2, 0) is 11.2 Å². The van der Waals surface area contributed by atoms with Crippen LogP contribution in [0.5, 0.6) is 5.75 Å². The second kappa shape index (κ2) is 7.83. The highest BCUT2D eigenvalue weighted by Gasteiger charge is 2.32. The molecular weight excluding hydrogens is 410 g/mol. The fourth-order valence-corrected chi connectivity index (χ4v) is 4.13. The Morgan fingerprint density at radius 3 is 2.75 bits per heavy atom. The standard InChI is InChI=1S/C23H25N5O4/c1-23(2)13-15-11-18(19(12-20(15)32-23)27-7-9-31-10-8-27)25-22(30)17-5-6-28(26-17)16-3-4-21(29)24-14-16/h3-6,11-12,14H,7-10,13H2,1-2H3,(H,24,29)(H,25,30). The lowest BCUT2D eigenvalue weighted by Crippen LogP contribution is -2.36. The molecule has 3 aromatic rings. The largest absolute Gasteiger partial charge is 0.487 e. The van der Waals surface area contributed by atoms with Gasteiger partial charge in [0.1, 0.15) is 11.4 Å². The van der Waals surface area contributed by atoms with Crippen LogP contribution in [0.15, 0.2) is 47.5 Å². The van der Waals surface area contributed by atoms with Gasteiger partial charge in [-0.25, -0.2) is 4.68 Å². The van der Waals surface area contributed by atoms with E-state index in [1.54, 1.807) is 29.2 Å². The van der Waals surface area contributed by atoms with Gasteiger partial charge >= 0.3 is 0 Å². The van der Waals surface area contributed by atoms with Crippen molar-refractivity contribution in [3.63, 3.8) is 0 Å². The lowest BCUT2D eigenvalue weighted by Gasteiger charge is -2.31. The van der Waals surface area contributed by atoms with E-state index in [-0.39, 0.29) is 22.8 Å². The first-order valence-corrected chi connectivity index (χ1v) is 10.6. The number of pyridine rings is 1. The highest BCUT2D eigenvalue weighted by Crippen LogP contribution is 2.41. The number of aromatic amines is 1. The predicted molar refractivity (Wildman–Crippen MR) is 120 cm³/mol. The molecule has 0 saturated carbocycles. The van der Waals surface area contributed by atoms with Crippen LogP contribution >= 0.6 is 0 Å². The molecule has 0 spiro atoms. The van der Waals surface area contributed by atoms with Gasteiger partial charge in [0.2, 0.25) is 5.56 Å². The minimum absolute atomic E-state index is 0.196. The topological polar surface area (TPSA) is 101 Å². The zero-order valence-corrected chi connectivity index (χ0v) is 18.1. The van der Waals surface area contributed by atoms with E-state index in [0.717, 1.165) is 42.2 Å². The molecule has 2 aliphatic rings. The van der Waals surface area contributed by atoms with Crippen LogP contribution in [0.2, 0.25) is 0 Å². The maximum atomic E-state index is 13.1. The fraction of sp³-hybridized carbons (Fsp3) is 0.348. The van der Waals surface area contributed by atoms with Gasteiger partial charge in [0, 0.05) is 49.6 Å². The average Bonchev–Trinajstić information content (AvgIpc) is 3.37. The van der Waals surface area contributed by atoms with Crippen molar-refractivity contribution in [2.75, 3.05) is 36.5 Å². The number of morpholine rings is 1. The molecule has 2 N–H and O–H groups in total. The maximum absolute atomic E-state index is 13.1. The van der Waals surface area contributed by atoms with Crippen LogP contribution in [0.25, 0.3) is 5.69 Å². The summed E-state index contributed by atoms with van der Waals surface area (Å²) in [6.45, 7) is 6.88. The summed E-state index contributed by atoms with van der Waals surface area (Å²) < 4.78 is 13.2. The Morgan fingerprint density at radius 1 is 1.19 bits per heavy atom. The van der Waals surface area contributed by atoms with E-state index >= 15 is 0 Å². The van der Waals surface area contributed by atoms with Gasteiger partial charge in [-0.05, 0) is 32.0 Å². The summed E-state index contributed by atoms with van der Waals surface area (Å²) in [4.78, 5) is 29.1. The van der Waals surface area contributed by atoms with E-state index < -0.39 is 0 Å². The SMILES string of the molecule is CC1(C)Cc2cc(NC(=O)c3ccn(-c4ccc(=O)[nH]c4)n3)c(N3CCOCC3)cc2O1. The number of benzene rings is 1. The molecule has 0 bridgehead atoms. The summed E-state index contributed by atoms with van der Waals surface area (Å²) in [6.07, 6.45) is 4.01. The predicted octanol–water partition coefficient (Wildman–Crippen LogP) is 2.36. The fourth-order valence-electron chi connectivity index (χ4n) is 4.13.